The maximum Gasteiger partial charge on any atom is 0.271 e. The molecule has 6 heteroatoms. The summed E-state index contributed by atoms with van der Waals surface area (Å²) in [6.45, 7) is 2.67. The van der Waals surface area contributed by atoms with Crippen LogP contribution < -0.4 is 24.2 Å². The van der Waals surface area contributed by atoms with E-state index >= 15 is 0 Å². The van der Waals surface area contributed by atoms with Gasteiger partial charge in [0.1, 0.15) is 16.6 Å². The zero-order valence-corrected chi connectivity index (χ0v) is 19.9. The normalized spacial score (nSPS) is 15.3. The van der Waals surface area contributed by atoms with Crippen molar-refractivity contribution in [1.82, 2.24) is 4.57 Å². The van der Waals surface area contributed by atoms with Gasteiger partial charge in [-0.05, 0) is 42.8 Å². The van der Waals surface area contributed by atoms with Crippen molar-refractivity contribution in [2.45, 2.75) is 18.4 Å². The average molecular weight is 459 g/mol. The summed E-state index contributed by atoms with van der Waals surface area (Å²) in [5.41, 5.74) is 4.62. The summed E-state index contributed by atoms with van der Waals surface area (Å²) in [5, 5.41) is 1.01. The molecular weight excluding hydrogens is 434 g/mol. The molecule has 4 aromatic rings. The summed E-state index contributed by atoms with van der Waals surface area (Å²) in [6, 6.07) is 22.9. The number of rotatable bonds is 3. The number of anilines is 1. The van der Waals surface area contributed by atoms with Crippen LogP contribution in [0.1, 0.15) is 12.5 Å². The van der Waals surface area contributed by atoms with Gasteiger partial charge in [0, 0.05) is 36.2 Å². The molecule has 160 valence electrons. The van der Waals surface area contributed by atoms with Crippen molar-refractivity contribution in [2.75, 3.05) is 11.9 Å². The van der Waals surface area contributed by atoms with Crippen LogP contribution >= 0.6 is 23.1 Å². The second-order valence-corrected chi connectivity index (χ2v) is 9.78. The van der Waals surface area contributed by atoms with E-state index in [2.05, 4.69) is 77.3 Å². The first-order valence-electron chi connectivity index (χ1n) is 10.6. The molecule has 0 amide bonds. The lowest BCUT2D eigenvalue weighted by Crippen LogP contribution is -2.33. The molecule has 0 N–H and O–H groups in total. The Bertz CT molecular complexity index is 1490. The van der Waals surface area contributed by atoms with Gasteiger partial charge in [-0.25, -0.2) is 4.57 Å². The predicted octanol–water partition coefficient (Wildman–Crippen LogP) is 3.56. The molecule has 5 rings (SSSR count). The van der Waals surface area contributed by atoms with Crippen LogP contribution in [0.4, 0.5) is 5.69 Å². The lowest BCUT2D eigenvalue weighted by atomic mass is 10.1. The number of thiazole rings is 1. The number of benzene rings is 2. The van der Waals surface area contributed by atoms with Crippen molar-refractivity contribution in [3.05, 3.63) is 98.0 Å². The van der Waals surface area contributed by atoms with Crippen LogP contribution in [-0.4, -0.2) is 11.6 Å². The molecule has 0 saturated carbocycles. The molecule has 0 unspecified atom stereocenters. The van der Waals surface area contributed by atoms with Crippen molar-refractivity contribution >= 4 is 39.9 Å². The molecule has 0 bridgehead atoms. The smallest absolute Gasteiger partial charge is 0.271 e. The summed E-state index contributed by atoms with van der Waals surface area (Å²) in [6.07, 6.45) is 4.20. The van der Waals surface area contributed by atoms with Gasteiger partial charge >= 0.3 is 0 Å². The van der Waals surface area contributed by atoms with E-state index < -0.39 is 0 Å². The van der Waals surface area contributed by atoms with E-state index in [1.54, 1.807) is 23.1 Å². The maximum absolute atomic E-state index is 13.3. The van der Waals surface area contributed by atoms with E-state index in [0.29, 0.717) is 6.54 Å². The number of hydrogen-bond acceptors (Lipinski definition) is 4. The van der Waals surface area contributed by atoms with Crippen LogP contribution in [0.25, 0.3) is 22.4 Å². The molecule has 2 aromatic carbocycles. The van der Waals surface area contributed by atoms with E-state index in [9.17, 15) is 4.79 Å². The fourth-order valence-electron chi connectivity index (χ4n) is 3.98. The molecule has 0 fully saturated rings. The first-order valence-corrected chi connectivity index (χ1v) is 12.2. The van der Waals surface area contributed by atoms with Crippen molar-refractivity contribution in [3.8, 4) is 11.3 Å². The SMILES string of the molecule is CCn1c(=O)/c(=C2\Sc3ccccc3N2C)s/c1=C/c1cc[n+](C)c(-c2ccccc2)c1. The third-order valence-electron chi connectivity index (χ3n) is 5.69. The molecular formula is C26H24N3OS2+. The van der Waals surface area contributed by atoms with Gasteiger partial charge in [0.05, 0.1) is 10.4 Å². The fraction of sp³-hybridized carbons (Fsp3) is 0.154. The van der Waals surface area contributed by atoms with Crippen LogP contribution in [-0.2, 0) is 13.6 Å². The molecule has 4 nitrogen and oxygen atoms in total. The highest BCUT2D eigenvalue weighted by Crippen LogP contribution is 2.44. The standard InChI is InChI=1S/C26H24N3OS2/c1-4-29-23(17-18-14-15-27(2)21(16-18)19-10-6-5-7-11-19)32-24(25(29)30)26-28(3)20-12-8-9-13-22(20)31-26/h5-17H,4H2,1-3H3/q+1/b26-24+. The lowest BCUT2D eigenvalue weighted by Gasteiger charge is -2.11. The number of nitrogens with zero attached hydrogens (tertiary/aromatic N) is 3. The van der Waals surface area contributed by atoms with Gasteiger partial charge in [-0.2, -0.15) is 0 Å². The molecule has 0 spiro atoms. The summed E-state index contributed by atoms with van der Waals surface area (Å²) in [7, 11) is 4.09. The maximum atomic E-state index is 13.3. The topological polar surface area (TPSA) is 29.1 Å². The van der Waals surface area contributed by atoms with Crippen molar-refractivity contribution < 1.29 is 4.57 Å². The van der Waals surface area contributed by atoms with E-state index in [1.807, 2.05) is 36.7 Å². The van der Waals surface area contributed by atoms with Gasteiger partial charge in [-0.15, -0.1) is 11.3 Å². The number of thioether (sulfide) groups is 1. The summed E-state index contributed by atoms with van der Waals surface area (Å²) in [4.78, 5) is 16.6. The fourth-order valence-corrected chi connectivity index (χ4v) is 6.46. The Morgan fingerprint density at radius 2 is 1.78 bits per heavy atom. The number of hydrogen-bond donors (Lipinski definition) is 0. The quantitative estimate of drug-likeness (QED) is 0.440. The minimum Gasteiger partial charge on any atom is -0.337 e. The number of para-hydroxylation sites is 1. The van der Waals surface area contributed by atoms with Gasteiger partial charge in [0.2, 0.25) is 5.69 Å². The monoisotopic (exact) mass is 458 g/mol. The molecule has 1 aliphatic heterocycles. The molecule has 2 aromatic heterocycles. The van der Waals surface area contributed by atoms with Crippen molar-refractivity contribution in [3.63, 3.8) is 0 Å². The summed E-state index contributed by atoms with van der Waals surface area (Å²) in [5.74, 6) is 0. The highest BCUT2D eigenvalue weighted by atomic mass is 32.2. The van der Waals surface area contributed by atoms with E-state index in [4.69, 9.17) is 0 Å². The van der Waals surface area contributed by atoms with E-state index in [1.165, 1.54) is 10.5 Å². The zero-order valence-electron chi connectivity index (χ0n) is 18.3. The highest BCUT2D eigenvalue weighted by molar-refractivity contribution is 8.08. The first-order chi connectivity index (χ1) is 15.6. The second-order valence-electron chi connectivity index (χ2n) is 7.72. The Labute approximate surface area is 195 Å². The first kappa shape index (κ1) is 20.8. The van der Waals surface area contributed by atoms with Gasteiger partial charge in [-0.3, -0.25) is 9.36 Å². The lowest BCUT2D eigenvalue weighted by molar-refractivity contribution is -0.660. The molecule has 0 atom stereocenters. The van der Waals surface area contributed by atoms with Gasteiger partial charge in [0.15, 0.2) is 6.20 Å². The highest BCUT2D eigenvalue weighted by Gasteiger charge is 2.24. The minimum absolute atomic E-state index is 0.0793. The summed E-state index contributed by atoms with van der Waals surface area (Å²) >= 11 is 3.25. The third-order valence-corrected chi connectivity index (χ3v) is 8.18. The van der Waals surface area contributed by atoms with Crippen LogP contribution in [0.3, 0.4) is 0 Å². The molecule has 0 aliphatic carbocycles. The van der Waals surface area contributed by atoms with E-state index in [0.717, 1.165) is 31.2 Å². The Morgan fingerprint density at radius 3 is 2.53 bits per heavy atom. The molecule has 0 saturated heterocycles. The largest absolute Gasteiger partial charge is 0.337 e. The zero-order chi connectivity index (χ0) is 22.2. The third kappa shape index (κ3) is 3.59. The van der Waals surface area contributed by atoms with Gasteiger partial charge in [-0.1, -0.05) is 42.1 Å². The van der Waals surface area contributed by atoms with Crippen LogP contribution in [0, 0.1) is 0 Å². The Morgan fingerprint density at radius 1 is 1.03 bits per heavy atom. The number of aryl methyl sites for hydroxylation is 1. The average Bonchev–Trinajstić information content (AvgIpc) is 3.31. The molecule has 32 heavy (non-hydrogen) atoms. The van der Waals surface area contributed by atoms with E-state index in [-0.39, 0.29) is 5.56 Å². The number of fused-ring (bicyclic) bond motifs is 1. The number of aromatic nitrogens is 2. The van der Waals surface area contributed by atoms with Crippen LogP contribution in [0.5, 0.6) is 0 Å². The molecule has 1 aliphatic rings. The Kier molecular flexibility index (Phi) is 5.49. The van der Waals surface area contributed by atoms with Crippen molar-refractivity contribution in [1.29, 1.82) is 0 Å². The summed E-state index contributed by atoms with van der Waals surface area (Å²) < 4.78 is 5.76. The predicted molar refractivity (Wildman–Crippen MR) is 134 cm³/mol. The van der Waals surface area contributed by atoms with Gasteiger partial charge < -0.3 is 4.90 Å². The van der Waals surface area contributed by atoms with Crippen LogP contribution in [0.15, 0.2) is 82.6 Å². The number of pyridine rings is 1. The molecule has 0 radical (unpaired) electrons. The minimum atomic E-state index is 0.0793. The van der Waals surface area contributed by atoms with Crippen LogP contribution in [0.2, 0.25) is 0 Å². The van der Waals surface area contributed by atoms with Gasteiger partial charge in [0.25, 0.3) is 5.56 Å². The Balaban J connectivity index is 1.66. The Hall–Kier alpha value is -3.09. The second kappa shape index (κ2) is 8.45. The molecule has 3 heterocycles. The van der Waals surface area contributed by atoms with Crippen molar-refractivity contribution in [2.24, 2.45) is 7.05 Å².